The van der Waals surface area contributed by atoms with Crippen molar-refractivity contribution in [2.45, 2.75) is 19.5 Å². The standard InChI is InChI=1S/C15H14F4N2/c1-10-8-13(4-5-14(10)16)20-7-6-12-3-2-11(9-21-12)15(17,18)19/h2-5,8-9,20H,6-7H2,1H3. The Bertz CT molecular complexity index is 606. The van der Waals surface area contributed by atoms with Crippen LogP contribution in [0.5, 0.6) is 0 Å². The van der Waals surface area contributed by atoms with E-state index in [1.165, 1.54) is 12.1 Å². The van der Waals surface area contributed by atoms with Crippen molar-refractivity contribution >= 4 is 5.69 Å². The summed E-state index contributed by atoms with van der Waals surface area (Å²) in [7, 11) is 0. The molecular formula is C15H14F4N2. The zero-order valence-corrected chi connectivity index (χ0v) is 11.3. The Balaban J connectivity index is 1.90. The Morgan fingerprint density at radius 1 is 1.14 bits per heavy atom. The number of anilines is 1. The summed E-state index contributed by atoms with van der Waals surface area (Å²) < 4.78 is 50.2. The van der Waals surface area contributed by atoms with Crippen molar-refractivity contribution in [3.8, 4) is 0 Å². The summed E-state index contributed by atoms with van der Waals surface area (Å²) in [6.07, 6.45) is -3.05. The van der Waals surface area contributed by atoms with Gasteiger partial charge >= 0.3 is 6.18 Å². The molecule has 0 aliphatic rings. The number of benzene rings is 1. The summed E-state index contributed by atoms with van der Waals surface area (Å²) >= 11 is 0. The summed E-state index contributed by atoms with van der Waals surface area (Å²) in [5, 5.41) is 3.08. The number of rotatable bonds is 4. The highest BCUT2D eigenvalue weighted by molar-refractivity contribution is 5.45. The van der Waals surface area contributed by atoms with Crippen LogP contribution in [-0.4, -0.2) is 11.5 Å². The first-order valence-electron chi connectivity index (χ1n) is 6.38. The number of nitrogens with one attached hydrogen (secondary N) is 1. The van der Waals surface area contributed by atoms with Crippen molar-refractivity contribution in [1.82, 2.24) is 4.98 Å². The SMILES string of the molecule is Cc1cc(NCCc2ccc(C(F)(F)F)cn2)ccc1F. The molecule has 21 heavy (non-hydrogen) atoms. The molecule has 0 saturated carbocycles. The van der Waals surface area contributed by atoms with Gasteiger partial charge in [0, 0.05) is 30.5 Å². The van der Waals surface area contributed by atoms with E-state index in [4.69, 9.17) is 0 Å². The van der Waals surface area contributed by atoms with E-state index in [2.05, 4.69) is 10.3 Å². The molecule has 0 fully saturated rings. The van der Waals surface area contributed by atoms with Crippen molar-refractivity contribution < 1.29 is 17.6 Å². The molecule has 0 amide bonds. The number of hydrogen-bond donors (Lipinski definition) is 1. The van der Waals surface area contributed by atoms with E-state index >= 15 is 0 Å². The largest absolute Gasteiger partial charge is 0.417 e. The Labute approximate surface area is 119 Å². The number of pyridine rings is 1. The Morgan fingerprint density at radius 2 is 1.90 bits per heavy atom. The van der Waals surface area contributed by atoms with Crippen LogP contribution >= 0.6 is 0 Å². The van der Waals surface area contributed by atoms with Gasteiger partial charge in [0.2, 0.25) is 0 Å². The quantitative estimate of drug-likeness (QED) is 0.856. The molecule has 1 aromatic heterocycles. The van der Waals surface area contributed by atoms with Crippen molar-refractivity contribution in [1.29, 1.82) is 0 Å². The van der Waals surface area contributed by atoms with E-state index in [-0.39, 0.29) is 5.82 Å². The minimum absolute atomic E-state index is 0.273. The van der Waals surface area contributed by atoms with Crippen LogP contribution in [0.1, 0.15) is 16.8 Å². The van der Waals surface area contributed by atoms with Crippen LogP contribution in [0.25, 0.3) is 0 Å². The van der Waals surface area contributed by atoms with Crippen LogP contribution in [0.4, 0.5) is 23.2 Å². The van der Waals surface area contributed by atoms with Crippen LogP contribution in [0.2, 0.25) is 0 Å². The zero-order valence-electron chi connectivity index (χ0n) is 11.3. The highest BCUT2D eigenvalue weighted by Crippen LogP contribution is 2.28. The average Bonchev–Trinajstić information content (AvgIpc) is 2.42. The number of halogens is 4. The molecule has 0 spiro atoms. The average molecular weight is 298 g/mol. The number of hydrogen-bond acceptors (Lipinski definition) is 2. The zero-order chi connectivity index (χ0) is 15.5. The third-order valence-corrected chi connectivity index (χ3v) is 3.02. The van der Waals surface area contributed by atoms with Crippen LogP contribution in [0.3, 0.4) is 0 Å². The van der Waals surface area contributed by atoms with Gasteiger partial charge in [0.15, 0.2) is 0 Å². The van der Waals surface area contributed by atoms with E-state index < -0.39 is 11.7 Å². The summed E-state index contributed by atoms with van der Waals surface area (Å²) in [6, 6.07) is 7.04. The van der Waals surface area contributed by atoms with E-state index in [0.29, 0.717) is 24.2 Å². The summed E-state index contributed by atoms with van der Waals surface area (Å²) in [6.45, 7) is 2.17. The first-order valence-corrected chi connectivity index (χ1v) is 6.38. The number of nitrogens with zero attached hydrogens (tertiary/aromatic N) is 1. The smallest absolute Gasteiger partial charge is 0.385 e. The van der Waals surface area contributed by atoms with Gasteiger partial charge in [0.1, 0.15) is 5.82 Å². The molecule has 0 atom stereocenters. The molecule has 0 radical (unpaired) electrons. The lowest BCUT2D eigenvalue weighted by molar-refractivity contribution is -0.137. The van der Waals surface area contributed by atoms with Crippen molar-refractivity contribution in [2.24, 2.45) is 0 Å². The molecular weight excluding hydrogens is 284 g/mol. The summed E-state index contributed by atoms with van der Waals surface area (Å²) in [5.41, 5.74) is 1.11. The lowest BCUT2D eigenvalue weighted by Gasteiger charge is -2.09. The lowest BCUT2D eigenvalue weighted by Crippen LogP contribution is -2.09. The van der Waals surface area contributed by atoms with Gasteiger partial charge in [0.05, 0.1) is 5.56 Å². The molecule has 2 aromatic rings. The van der Waals surface area contributed by atoms with Crippen LogP contribution in [-0.2, 0) is 12.6 Å². The molecule has 112 valence electrons. The van der Waals surface area contributed by atoms with Gasteiger partial charge in [-0.1, -0.05) is 0 Å². The number of aromatic nitrogens is 1. The summed E-state index contributed by atoms with van der Waals surface area (Å²) in [4.78, 5) is 3.79. The molecule has 1 aromatic carbocycles. The molecule has 0 bridgehead atoms. The fourth-order valence-electron chi connectivity index (χ4n) is 1.83. The first-order chi connectivity index (χ1) is 9.86. The fourth-order valence-corrected chi connectivity index (χ4v) is 1.83. The Hall–Kier alpha value is -2.11. The normalized spacial score (nSPS) is 11.5. The van der Waals surface area contributed by atoms with Gasteiger partial charge in [-0.2, -0.15) is 13.2 Å². The third kappa shape index (κ3) is 4.18. The van der Waals surface area contributed by atoms with E-state index in [1.807, 2.05) is 0 Å². The molecule has 0 unspecified atom stereocenters. The second kappa shape index (κ2) is 6.11. The monoisotopic (exact) mass is 298 g/mol. The van der Waals surface area contributed by atoms with Gasteiger partial charge in [-0.15, -0.1) is 0 Å². The maximum absolute atomic E-state index is 13.1. The second-order valence-corrected chi connectivity index (χ2v) is 4.68. The molecule has 6 heteroatoms. The minimum atomic E-state index is -4.37. The summed E-state index contributed by atoms with van der Waals surface area (Å²) in [5.74, 6) is -0.273. The fraction of sp³-hybridized carbons (Fsp3) is 0.267. The van der Waals surface area contributed by atoms with Crippen molar-refractivity contribution in [2.75, 3.05) is 11.9 Å². The lowest BCUT2D eigenvalue weighted by atomic mass is 10.2. The highest BCUT2D eigenvalue weighted by Gasteiger charge is 2.30. The highest BCUT2D eigenvalue weighted by atomic mass is 19.4. The van der Waals surface area contributed by atoms with Gasteiger partial charge < -0.3 is 5.32 Å². The molecule has 0 aliphatic carbocycles. The maximum Gasteiger partial charge on any atom is 0.417 e. The minimum Gasteiger partial charge on any atom is -0.385 e. The molecule has 1 N–H and O–H groups in total. The predicted molar refractivity (Wildman–Crippen MR) is 72.6 cm³/mol. The van der Waals surface area contributed by atoms with Crippen LogP contribution in [0, 0.1) is 12.7 Å². The van der Waals surface area contributed by atoms with E-state index in [0.717, 1.165) is 18.0 Å². The van der Waals surface area contributed by atoms with Gasteiger partial charge in [-0.05, 0) is 42.8 Å². The Morgan fingerprint density at radius 3 is 2.48 bits per heavy atom. The van der Waals surface area contributed by atoms with Gasteiger partial charge in [-0.25, -0.2) is 4.39 Å². The maximum atomic E-state index is 13.1. The van der Waals surface area contributed by atoms with Crippen molar-refractivity contribution in [3.05, 3.63) is 59.2 Å². The van der Waals surface area contributed by atoms with Gasteiger partial charge in [0.25, 0.3) is 0 Å². The van der Waals surface area contributed by atoms with E-state index in [9.17, 15) is 17.6 Å². The number of alkyl halides is 3. The molecule has 1 heterocycles. The molecule has 2 nitrogen and oxygen atoms in total. The molecule has 2 rings (SSSR count). The third-order valence-electron chi connectivity index (χ3n) is 3.02. The predicted octanol–water partition coefficient (Wildman–Crippen LogP) is 4.20. The first kappa shape index (κ1) is 15.3. The second-order valence-electron chi connectivity index (χ2n) is 4.68. The molecule has 0 aliphatic heterocycles. The van der Waals surface area contributed by atoms with Gasteiger partial charge in [-0.3, -0.25) is 4.98 Å². The Kier molecular flexibility index (Phi) is 4.45. The number of aryl methyl sites for hydroxylation is 1. The van der Waals surface area contributed by atoms with Crippen molar-refractivity contribution in [3.63, 3.8) is 0 Å². The molecule has 0 saturated heterocycles. The van der Waals surface area contributed by atoms with Crippen LogP contribution in [0.15, 0.2) is 36.5 Å². The van der Waals surface area contributed by atoms with E-state index in [1.54, 1.807) is 19.1 Å². The topological polar surface area (TPSA) is 24.9 Å². The van der Waals surface area contributed by atoms with Crippen LogP contribution < -0.4 is 5.32 Å².